The molecule has 0 saturated heterocycles. The van der Waals surface area contributed by atoms with Crippen LogP contribution in [0.4, 0.5) is 4.79 Å². The number of nitrogens with zero attached hydrogens (tertiary/aromatic N) is 1. The summed E-state index contributed by atoms with van der Waals surface area (Å²) in [5.74, 6) is 3.10. The number of alkyl carbamates (subject to hydrolysis) is 1. The number of nitrogens with one attached hydrogen (secondary N) is 1. The molecule has 2 atom stereocenters. The van der Waals surface area contributed by atoms with E-state index in [1.165, 1.54) is 0 Å². The average Bonchev–Trinajstić information content (AvgIpc) is 3.00. The van der Waals surface area contributed by atoms with Crippen molar-refractivity contribution in [2.24, 2.45) is 0 Å². The molecule has 2 aromatic rings. The Morgan fingerprint density at radius 3 is 2.04 bits per heavy atom. The average molecular weight is 629 g/mol. The van der Waals surface area contributed by atoms with Crippen LogP contribution in [0.25, 0.3) is 0 Å². The summed E-state index contributed by atoms with van der Waals surface area (Å²) in [5, 5.41) is 13.6. The predicted octanol–water partition coefficient (Wildman–Crippen LogP) is 7.39. The number of hydrogen-bond donors (Lipinski definition) is 1. The van der Waals surface area contributed by atoms with Crippen molar-refractivity contribution >= 4 is 6.09 Å². The molecule has 1 amide bonds. The fourth-order valence-corrected chi connectivity index (χ4v) is 5.51. The van der Waals surface area contributed by atoms with Crippen molar-refractivity contribution in [3.8, 4) is 40.6 Å². The SMILES string of the molecule is CCCC(C#N)(CCC[C@H](Cc1cc(OCC)c(OC)c(OC)c1OCC)NC(=O)OC(C)(C)C)c1ccc(OC)c(OC)c1. The molecule has 2 rings (SSSR count). The van der Waals surface area contributed by atoms with Crippen LogP contribution in [0.5, 0.6) is 34.5 Å². The van der Waals surface area contributed by atoms with Crippen LogP contribution in [0.2, 0.25) is 0 Å². The quantitative estimate of drug-likeness (QED) is 0.180. The van der Waals surface area contributed by atoms with Crippen LogP contribution in [-0.2, 0) is 16.6 Å². The molecule has 1 N–H and O–H groups in total. The fraction of sp³-hybridized carbons (Fsp3) is 0.600. The number of rotatable bonds is 18. The molecule has 0 aliphatic carbocycles. The van der Waals surface area contributed by atoms with E-state index < -0.39 is 17.1 Å². The van der Waals surface area contributed by atoms with Gasteiger partial charge in [0.15, 0.2) is 23.0 Å². The first-order valence-electron chi connectivity index (χ1n) is 15.6. The lowest BCUT2D eigenvalue weighted by molar-refractivity contribution is 0.0500. The van der Waals surface area contributed by atoms with Gasteiger partial charge in [-0.3, -0.25) is 0 Å². The normalized spacial score (nSPS) is 13.1. The Morgan fingerprint density at radius 2 is 1.51 bits per heavy atom. The number of benzene rings is 2. The Bertz CT molecular complexity index is 1280. The smallest absolute Gasteiger partial charge is 0.407 e. The van der Waals surface area contributed by atoms with E-state index >= 15 is 0 Å². The van der Waals surface area contributed by atoms with Gasteiger partial charge in [-0.2, -0.15) is 5.26 Å². The highest BCUT2D eigenvalue weighted by Crippen LogP contribution is 2.47. The van der Waals surface area contributed by atoms with Crippen LogP contribution in [0.3, 0.4) is 0 Å². The van der Waals surface area contributed by atoms with Crippen LogP contribution in [0.1, 0.15) is 84.8 Å². The number of methoxy groups -OCH3 is 4. The molecule has 10 heteroatoms. The summed E-state index contributed by atoms with van der Waals surface area (Å²) in [6.45, 7) is 12.2. The highest BCUT2D eigenvalue weighted by atomic mass is 16.6. The van der Waals surface area contributed by atoms with Crippen LogP contribution >= 0.6 is 0 Å². The van der Waals surface area contributed by atoms with Gasteiger partial charge in [0, 0.05) is 11.6 Å². The predicted molar refractivity (Wildman–Crippen MR) is 174 cm³/mol. The number of hydrogen-bond acceptors (Lipinski definition) is 9. The summed E-state index contributed by atoms with van der Waals surface area (Å²) >= 11 is 0. The van der Waals surface area contributed by atoms with Crippen molar-refractivity contribution < 1.29 is 38.0 Å². The lowest BCUT2D eigenvalue weighted by Gasteiger charge is -2.29. The van der Waals surface area contributed by atoms with Gasteiger partial charge < -0.3 is 38.5 Å². The Labute approximate surface area is 269 Å². The summed E-state index contributed by atoms with van der Waals surface area (Å²) in [4.78, 5) is 13.0. The Hall–Kier alpha value is -4.00. The molecule has 2 aromatic carbocycles. The molecule has 0 aliphatic heterocycles. The summed E-state index contributed by atoms with van der Waals surface area (Å²) in [6.07, 6.45) is 3.18. The number of nitriles is 1. The molecule has 0 spiro atoms. The maximum atomic E-state index is 13.0. The molecule has 0 radical (unpaired) electrons. The van der Waals surface area contributed by atoms with Gasteiger partial charge in [0.2, 0.25) is 11.5 Å². The lowest BCUT2D eigenvalue weighted by atomic mass is 9.74. The van der Waals surface area contributed by atoms with Crippen molar-refractivity contribution in [3.63, 3.8) is 0 Å². The van der Waals surface area contributed by atoms with Gasteiger partial charge in [0.25, 0.3) is 0 Å². The van der Waals surface area contributed by atoms with Gasteiger partial charge in [-0.25, -0.2) is 4.79 Å². The second kappa shape index (κ2) is 17.5. The maximum Gasteiger partial charge on any atom is 0.407 e. The van der Waals surface area contributed by atoms with Gasteiger partial charge in [-0.15, -0.1) is 0 Å². The number of carbonyl (C=O) groups is 1. The third-order valence-corrected chi connectivity index (χ3v) is 7.40. The van der Waals surface area contributed by atoms with E-state index in [-0.39, 0.29) is 6.04 Å². The third-order valence-electron chi connectivity index (χ3n) is 7.40. The Balaban J connectivity index is 2.50. The summed E-state index contributed by atoms with van der Waals surface area (Å²) in [6, 6.07) is 9.80. The van der Waals surface area contributed by atoms with E-state index in [1.807, 2.05) is 58.9 Å². The monoisotopic (exact) mass is 628 g/mol. The fourth-order valence-electron chi connectivity index (χ4n) is 5.51. The van der Waals surface area contributed by atoms with Crippen molar-refractivity contribution in [2.45, 2.75) is 97.1 Å². The zero-order chi connectivity index (χ0) is 33.6. The van der Waals surface area contributed by atoms with Crippen LogP contribution in [0, 0.1) is 11.3 Å². The van der Waals surface area contributed by atoms with Crippen molar-refractivity contribution in [2.75, 3.05) is 41.7 Å². The molecule has 0 heterocycles. The highest BCUT2D eigenvalue weighted by Gasteiger charge is 2.33. The van der Waals surface area contributed by atoms with E-state index in [2.05, 4.69) is 18.3 Å². The number of carbonyl (C=O) groups excluding carboxylic acids is 1. The molecule has 0 bridgehead atoms. The topological polar surface area (TPSA) is 118 Å². The molecule has 10 nitrogen and oxygen atoms in total. The lowest BCUT2D eigenvalue weighted by Crippen LogP contribution is -2.40. The minimum atomic E-state index is -0.743. The molecular weight excluding hydrogens is 576 g/mol. The molecular formula is C35H52N2O8. The first-order valence-corrected chi connectivity index (χ1v) is 15.6. The molecule has 250 valence electrons. The van der Waals surface area contributed by atoms with Crippen molar-refractivity contribution in [3.05, 3.63) is 35.4 Å². The minimum Gasteiger partial charge on any atom is -0.493 e. The minimum absolute atomic E-state index is 0.352. The molecule has 0 aliphatic rings. The van der Waals surface area contributed by atoms with Gasteiger partial charge in [-0.1, -0.05) is 19.4 Å². The van der Waals surface area contributed by atoms with E-state index in [4.69, 9.17) is 33.2 Å². The van der Waals surface area contributed by atoms with Crippen LogP contribution < -0.4 is 33.7 Å². The van der Waals surface area contributed by atoms with Gasteiger partial charge in [-0.05, 0) is 90.5 Å². The van der Waals surface area contributed by atoms with Gasteiger partial charge in [0.1, 0.15) is 5.60 Å². The second-order valence-corrected chi connectivity index (χ2v) is 11.7. The molecule has 0 saturated carbocycles. The first-order chi connectivity index (χ1) is 21.5. The van der Waals surface area contributed by atoms with Crippen LogP contribution in [0.15, 0.2) is 24.3 Å². The van der Waals surface area contributed by atoms with Crippen molar-refractivity contribution in [1.82, 2.24) is 5.32 Å². The molecule has 1 unspecified atom stereocenters. The highest BCUT2D eigenvalue weighted by molar-refractivity contribution is 5.68. The van der Waals surface area contributed by atoms with E-state index in [0.29, 0.717) is 79.8 Å². The van der Waals surface area contributed by atoms with E-state index in [9.17, 15) is 10.1 Å². The Kier molecular flexibility index (Phi) is 14.4. The van der Waals surface area contributed by atoms with Crippen molar-refractivity contribution in [1.29, 1.82) is 5.26 Å². The van der Waals surface area contributed by atoms with E-state index in [0.717, 1.165) is 17.5 Å². The third kappa shape index (κ3) is 10.0. The standard InChI is InChI=1S/C35H52N2O8/c1-11-18-35(23-36,25-16-17-27(39-7)28(22-25)40-8)19-14-15-26(37-33(38)45-34(4,5)6)20-24-21-29(43-12-2)31(41-9)32(42-10)30(24)44-13-3/h16-17,21-22,26H,11-15,18-20H2,1-10H3,(H,37,38)/t26-,35?/m1/s1. The van der Waals surface area contributed by atoms with E-state index in [1.54, 1.807) is 28.4 Å². The second-order valence-electron chi connectivity index (χ2n) is 11.7. The molecule has 0 fully saturated rings. The summed E-state index contributed by atoms with van der Waals surface area (Å²) < 4.78 is 39.9. The summed E-state index contributed by atoms with van der Waals surface area (Å²) in [5.41, 5.74) is 0.258. The van der Waals surface area contributed by atoms with Crippen LogP contribution in [-0.4, -0.2) is 59.4 Å². The first kappa shape index (κ1) is 37.2. The Morgan fingerprint density at radius 1 is 0.844 bits per heavy atom. The molecule has 0 aromatic heterocycles. The number of amides is 1. The summed E-state index contributed by atoms with van der Waals surface area (Å²) in [7, 11) is 6.29. The zero-order valence-electron chi connectivity index (χ0n) is 28.8. The largest absolute Gasteiger partial charge is 0.493 e. The zero-order valence-corrected chi connectivity index (χ0v) is 28.8. The number of ether oxygens (including phenoxy) is 7. The maximum absolute atomic E-state index is 13.0. The molecule has 45 heavy (non-hydrogen) atoms. The van der Waals surface area contributed by atoms with Gasteiger partial charge >= 0.3 is 6.09 Å². The van der Waals surface area contributed by atoms with Gasteiger partial charge in [0.05, 0.1) is 53.1 Å².